The van der Waals surface area contributed by atoms with Crippen molar-refractivity contribution in [3.63, 3.8) is 0 Å². The van der Waals surface area contributed by atoms with Gasteiger partial charge in [-0.15, -0.1) is 0 Å². The molecule has 1 aliphatic heterocycles. The minimum absolute atomic E-state index is 0.126. The summed E-state index contributed by atoms with van der Waals surface area (Å²) in [6.07, 6.45) is 3.77. The molecule has 8 nitrogen and oxygen atoms in total. The van der Waals surface area contributed by atoms with Crippen molar-refractivity contribution in [1.29, 1.82) is 0 Å². The highest BCUT2D eigenvalue weighted by atomic mass is 16.5. The fourth-order valence-corrected chi connectivity index (χ4v) is 2.85. The summed E-state index contributed by atoms with van der Waals surface area (Å²) in [5, 5.41) is 7.05. The topological polar surface area (TPSA) is 89.1 Å². The molecule has 3 aromatic heterocycles. The quantitative estimate of drug-likeness (QED) is 0.781. The van der Waals surface area contributed by atoms with Gasteiger partial charge in [0.2, 0.25) is 0 Å². The molecule has 0 aliphatic carbocycles. The molecule has 4 heterocycles. The lowest BCUT2D eigenvalue weighted by Gasteiger charge is -2.26. The highest BCUT2D eigenvalue weighted by molar-refractivity contribution is 5.92. The summed E-state index contributed by atoms with van der Waals surface area (Å²) < 4.78 is 7.08. The van der Waals surface area contributed by atoms with Crippen molar-refractivity contribution in [2.45, 2.75) is 26.6 Å². The number of amides is 1. The third-order valence-electron chi connectivity index (χ3n) is 4.10. The molecule has 0 atom stereocenters. The Kier molecular flexibility index (Phi) is 3.93. The van der Waals surface area contributed by atoms with E-state index < -0.39 is 0 Å². The van der Waals surface area contributed by atoms with Crippen LogP contribution in [-0.2, 0) is 19.6 Å². The standard InChI is InChI=1S/C17H18N6O2/c1-12-8-14(21-25-12)17(24)23-7-6-22-10-13(20-16(22)11-23)9-19-15-4-2-3-5-18-15/h2-5,8,10H,6-7,9,11H2,1H3,(H,18,19). The molecule has 1 amide bonds. The lowest BCUT2D eigenvalue weighted by Crippen LogP contribution is -2.38. The zero-order chi connectivity index (χ0) is 17.2. The van der Waals surface area contributed by atoms with E-state index in [1.165, 1.54) is 0 Å². The summed E-state index contributed by atoms with van der Waals surface area (Å²) in [5.41, 5.74) is 1.27. The number of hydrogen-bond acceptors (Lipinski definition) is 6. The van der Waals surface area contributed by atoms with Crippen LogP contribution in [0.4, 0.5) is 5.82 Å². The SMILES string of the molecule is Cc1cc(C(=O)N2CCn3cc(CNc4ccccn4)nc3C2)no1. The van der Waals surface area contributed by atoms with Crippen LogP contribution in [0.3, 0.4) is 0 Å². The number of carbonyl (C=O) groups is 1. The van der Waals surface area contributed by atoms with Crippen LogP contribution in [-0.4, -0.2) is 37.0 Å². The van der Waals surface area contributed by atoms with Crippen LogP contribution in [0.25, 0.3) is 0 Å². The molecule has 1 aliphatic rings. The molecule has 4 rings (SSSR count). The smallest absolute Gasteiger partial charge is 0.276 e. The van der Waals surface area contributed by atoms with Crippen molar-refractivity contribution in [2.75, 3.05) is 11.9 Å². The van der Waals surface area contributed by atoms with Crippen molar-refractivity contribution >= 4 is 11.7 Å². The second kappa shape index (κ2) is 6.39. The molecule has 1 N–H and O–H groups in total. The van der Waals surface area contributed by atoms with Crippen molar-refractivity contribution in [1.82, 2.24) is 24.6 Å². The van der Waals surface area contributed by atoms with Gasteiger partial charge in [0, 0.05) is 31.5 Å². The lowest BCUT2D eigenvalue weighted by molar-refractivity contribution is 0.0697. The number of hydrogen-bond donors (Lipinski definition) is 1. The molecular weight excluding hydrogens is 320 g/mol. The number of nitrogens with one attached hydrogen (secondary N) is 1. The van der Waals surface area contributed by atoms with Gasteiger partial charge < -0.3 is 19.3 Å². The van der Waals surface area contributed by atoms with Crippen molar-refractivity contribution < 1.29 is 9.32 Å². The number of imidazole rings is 1. The average Bonchev–Trinajstić information content (AvgIpc) is 3.25. The molecule has 3 aromatic rings. The molecule has 8 heteroatoms. The molecule has 0 spiro atoms. The number of aryl methyl sites for hydroxylation is 1. The van der Waals surface area contributed by atoms with E-state index in [9.17, 15) is 4.79 Å². The van der Waals surface area contributed by atoms with E-state index in [2.05, 4.69) is 25.0 Å². The van der Waals surface area contributed by atoms with Gasteiger partial charge in [-0.2, -0.15) is 0 Å². The Morgan fingerprint density at radius 2 is 2.28 bits per heavy atom. The van der Waals surface area contributed by atoms with E-state index in [-0.39, 0.29) is 5.91 Å². The molecule has 25 heavy (non-hydrogen) atoms. The molecule has 0 aromatic carbocycles. The number of aromatic nitrogens is 4. The first-order chi connectivity index (χ1) is 12.2. The highest BCUT2D eigenvalue weighted by Gasteiger charge is 2.25. The molecular formula is C17H18N6O2. The van der Waals surface area contributed by atoms with Crippen LogP contribution in [0.1, 0.15) is 27.8 Å². The minimum atomic E-state index is -0.126. The Bertz CT molecular complexity index is 886. The summed E-state index contributed by atoms with van der Waals surface area (Å²) in [4.78, 5) is 23.1. The van der Waals surface area contributed by atoms with Crippen molar-refractivity contribution in [3.05, 3.63) is 59.6 Å². The molecule has 0 bridgehead atoms. The molecule has 0 radical (unpaired) electrons. The van der Waals surface area contributed by atoms with Gasteiger partial charge in [-0.1, -0.05) is 11.2 Å². The zero-order valence-corrected chi connectivity index (χ0v) is 13.8. The minimum Gasteiger partial charge on any atom is -0.364 e. The van der Waals surface area contributed by atoms with Gasteiger partial charge in [0.15, 0.2) is 5.69 Å². The van der Waals surface area contributed by atoms with E-state index in [0.717, 1.165) is 17.3 Å². The maximum absolute atomic E-state index is 12.5. The first kappa shape index (κ1) is 15.4. The molecule has 0 unspecified atom stereocenters. The third kappa shape index (κ3) is 3.23. The third-order valence-corrected chi connectivity index (χ3v) is 4.10. The monoisotopic (exact) mass is 338 g/mol. The second-order valence-corrected chi connectivity index (χ2v) is 5.96. The Morgan fingerprint density at radius 3 is 3.04 bits per heavy atom. The van der Waals surface area contributed by atoms with Crippen LogP contribution >= 0.6 is 0 Å². The fraction of sp³-hybridized carbons (Fsp3) is 0.294. The first-order valence-electron chi connectivity index (χ1n) is 8.11. The Hall–Kier alpha value is -3.16. The summed E-state index contributed by atoms with van der Waals surface area (Å²) in [6, 6.07) is 7.38. The van der Waals surface area contributed by atoms with Crippen molar-refractivity contribution in [2.24, 2.45) is 0 Å². The van der Waals surface area contributed by atoms with Crippen molar-refractivity contribution in [3.8, 4) is 0 Å². The number of anilines is 1. The van der Waals surface area contributed by atoms with Gasteiger partial charge in [-0.05, 0) is 19.1 Å². The second-order valence-electron chi connectivity index (χ2n) is 5.96. The first-order valence-corrected chi connectivity index (χ1v) is 8.11. The summed E-state index contributed by atoms with van der Waals surface area (Å²) in [7, 11) is 0. The van der Waals surface area contributed by atoms with Crippen LogP contribution in [0, 0.1) is 6.92 Å². The molecule has 0 saturated heterocycles. The van der Waals surface area contributed by atoms with E-state index in [0.29, 0.717) is 37.6 Å². The number of carbonyl (C=O) groups excluding carboxylic acids is 1. The Labute approximate surface area is 144 Å². The van der Waals surface area contributed by atoms with Gasteiger partial charge in [-0.25, -0.2) is 9.97 Å². The number of fused-ring (bicyclic) bond motifs is 1. The van der Waals surface area contributed by atoms with Crippen LogP contribution < -0.4 is 5.32 Å². The zero-order valence-electron chi connectivity index (χ0n) is 13.8. The molecule has 0 fully saturated rings. The summed E-state index contributed by atoms with van der Waals surface area (Å²) in [5.74, 6) is 2.19. The summed E-state index contributed by atoms with van der Waals surface area (Å²) >= 11 is 0. The van der Waals surface area contributed by atoms with E-state index in [4.69, 9.17) is 4.52 Å². The largest absolute Gasteiger partial charge is 0.364 e. The lowest BCUT2D eigenvalue weighted by atomic mass is 10.3. The van der Waals surface area contributed by atoms with Crippen LogP contribution in [0.15, 0.2) is 41.2 Å². The normalized spacial score (nSPS) is 13.6. The maximum atomic E-state index is 12.5. The fourth-order valence-electron chi connectivity index (χ4n) is 2.85. The maximum Gasteiger partial charge on any atom is 0.276 e. The van der Waals surface area contributed by atoms with Gasteiger partial charge in [-0.3, -0.25) is 4.79 Å². The average molecular weight is 338 g/mol. The van der Waals surface area contributed by atoms with Crippen LogP contribution in [0.2, 0.25) is 0 Å². The predicted octanol–water partition coefficient (Wildman–Crippen LogP) is 1.84. The van der Waals surface area contributed by atoms with E-state index >= 15 is 0 Å². The highest BCUT2D eigenvalue weighted by Crippen LogP contribution is 2.16. The Balaban J connectivity index is 1.43. The van der Waals surface area contributed by atoms with E-state index in [1.54, 1.807) is 24.1 Å². The molecule has 0 saturated carbocycles. The molecule has 128 valence electrons. The van der Waals surface area contributed by atoms with Gasteiger partial charge >= 0.3 is 0 Å². The van der Waals surface area contributed by atoms with Gasteiger partial charge in [0.05, 0.1) is 18.8 Å². The summed E-state index contributed by atoms with van der Waals surface area (Å²) in [6.45, 7) is 4.17. The van der Waals surface area contributed by atoms with Gasteiger partial charge in [0.1, 0.15) is 17.4 Å². The van der Waals surface area contributed by atoms with E-state index in [1.807, 2.05) is 24.4 Å². The van der Waals surface area contributed by atoms with Crippen LogP contribution in [0.5, 0.6) is 0 Å². The number of rotatable bonds is 4. The van der Waals surface area contributed by atoms with Gasteiger partial charge in [0.25, 0.3) is 5.91 Å². The number of pyridine rings is 1. The number of nitrogens with zero attached hydrogens (tertiary/aromatic N) is 5. The predicted molar refractivity (Wildman–Crippen MR) is 89.8 cm³/mol. The Morgan fingerprint density at radius 1 is 1.36 bits per heavy atom.